The van der Waals surface area contributed by atoms with Crippen molar-refractivity contribution in [3.8, 4) is 0 Å². The minimum absolute atomic E-state index is 0.166. The van der Waals surface area contributed by atoms with Crippen LogP contribution in [0, 0.1) is 0 Å². The molecule has 3 aromatic heterocycles. The topological polar surface area (TPSA) is 147 Å². The van der Waals surface area contributed by atoms with Crippen molar-refractivity contribution >= 4 is 22.9 Å². The normalized spacial score (nSPS) is 10.0. The van der Waals surface area contributed by atoms with E-state index in [1.165, 1.54) is 12.5 Å². The van der Waals surface area contributed by atoms with E-state index in [-0.39, 0.29) is 17.2 Å². The average Bonchev–Trinajstić information content (AvgIpc) is 2.96. The lowest BCUT2D eigenvalue weighted by Crippen LogP contribution is -2.15. The summed E-state index contributed by atoms with van der Waals surface area (Å²) in [6.07, 6.45) is 2.89. The molecule has 0 fully saturated rings. The zero-order chi connectivity index (χ0) is 15.4. The third-order valence-corrected chi connectivity index (χ3v) is 2.65. The number of rotatable bonds is 1. The maximum absolute atomic E-state index is 11.1. The Labute approximate surface area is 118 Å². The Bertz CT molecular complexity index is 862. The molecule has 110 valence electrons. The summed E-state index contributed by atoms with van der Waals surface area (Å²) < 4.78 is 1.55. The van der Waals surface area contributed by atoms with Crippen molar-refractivity contribution in [3.05, 3.63) is 39.4 Å². The van der Waals surface area contributed by atoms with Gasteiger partial charge in [-0.1, -0.05) is 0 Å². The Hall–Kier alpha value is -3.17. The van der Waals surface area contributed by atoms with Crippen molar-refractivity contribution < 1.29 is 0 Å². The number of aryl methyl sites for hydroxylation is 1. The van der Waals surface area contributed by atoms with Crippen LogP contribution in [0.3, 0.4) is 0 Å². The Kier molecular flexibility index (Phi) is 3.97. The summed E-state index contributed by atoms with van der Waals surface area (Å²) in [6, 6.07) is 1.68. The van der Waals surface area contributed by atoms with Gasteiger partial charge in [0.1, 0.15) is 5.82 Å². The first kappa shape index (κ1) is 14.2. The van der Waals surface area contributed by atoms with Gasteiger partial charge in [0.05, 0.1) is 6.33 Å². The number of nitrogens with zero attached hydrogens (tertiary/aromatic N) is 4. The molecule has 0 saturated heterocycles. The van der Waals surface area contributed by atoms with Crippen LogP contribution in [0.1, 0.15) is 0 Å². The van der Waals surface area contributed by atoms with Gasteiger partial charge in [-0.3, -0.25) is 14.3 Å². The highest BCUT2D eigenvalue weighted by molar-refractivity contribution is 5.70. The number of imidazole rings is 1. The average molecular weight is 290 g/mol. The number of hydrogen-bond donors (Lipinski definition) is 4. The van der Waals surface area contributed by atoms with Gasteiger partial charge >= 0.3 is 11.2 Å². The molecule has 0 aliphatic carbocycles. The van der Waals surface area contributed by atoms with Gasteiger partial charge in [0.15, 0.2) is 11.2 Å². The monoisotopic (exact) mass is 290 g/mol. The van der Waals surface area contributed by atoms with E-state index in [0.717, 1.165) is 0 Å². The van der Waals surface area contributed by atoms with Crippen molar-refractivity contribution in [2.45, 2.75) is 0 Å². The van der Waals surface area contributed by atoms with Crippen LogP contribution in [0.15, 0.2) is 28.2 Å². The fourth-order valence-corrected chi connectivity index (χ4v) is 1.56. The van der Waals surface area contributed by atoms with Crippen LogP contribution in [0.25, 0.3) is 11.2 Å². The lowest BCUT2D eigenvalue weighted by molar-refractivity contribution is 0.908. The number of aromatic amines is 2. The minimum Gasteiger partial charge on any atom is -0.375 e. The molecule has 0 saturated carbocycles. The molecule has 0 bridgehead atoms. The zero-order valence-electron chi connectivity index (χ0n) is 11.4. The quantitative estimate of drug-likeness (QED) is 0.451. The first-order chi connectivity index (χ1) is 10.0. The highest BCUT2D eigenvalue weighted by Gasteiger charge is 2.06. The number of nitrogens with two attached hydrogens (primary N) is 1. The summed E-state index contributed by atoms with van der Waals surface area (Å²) in [4.78, 5) is 37.7. The Morgan fingerprint density at radius 3 is 2.71 bits per heavy atom. The molecule has 10 nitrogen and oxygen atoms in total. The van der Waals surface area contributed by atoms with E-state index in [0.29, 0.717) is 17.0 Å². The summed E-state index contributed by atoms with van der Waals surface area (Å²) in [5.74, 6) is 0.842. The van der Waals surface area contributed by atoms with E-state index in [1.807, 2.05) is 0 Å². The van der Waals surface area contributed by atoms with Gasteiger partial charge < -0.3 is 16.0 Å². The van der Waals surface area contributed by atoms with Gasteiger partial charge in [-0.15, -0.1) is 0 Å². The number of H-pyrrole nitrogens is 2. The lowest BCUT2D eigenvalue weighted by atomic mass is 10.5. The molecule has 5 N–H and O–H groups in total. The molecule has 0 atom stereocenters. The maximum atomic E-state index is 11.1. The third kappa shape index (κ3) is 3.05. The molecular weight excluding hydrogens is 276 g/mol. The van der Waals surface area contributed by atoms with Gasteiger partial charge in [0.2, 0.25) is 5.95 Å². The second-order valence-electron chi connectivity index (χ2n) is 3.97. The van der Waals surface area contributed by atoms with Gasteiger partial charge in [0, 0.05) is 20.3 Å². The molecule has 3 heterocycles. The van der Waals surface area contributed by atoms with Gasteiger partial charge in [0.25, 0.3) is 0 Å². The van der Waals surface area contributed by atoms with Gasteiger partial charge in [-0.2, -0.15) is 4.98 Å². The van der Waals surface area contributed by atoms with E-state index >= 15 is 0 Å². The number of hydrogen-bond acceptors (Lipinski definition) is 7. The fourth-order valence-electron chi connectivity index (χ4n) is 1.56. The van der Waals surface area contributed by atoms with Gasteiger partial charge in [-0.25, -0.2) is 14.8 Å². The fraction of sp³-hybridized carbons (Fsp3) is 0.182. The Balaban J connectivity index is 0.000000161. The third-order valence-electron chi connectivity index (χ3n) is 2.65. The molecule has 3 rings (SSSR count). The van der Waals surface area contributed by atoms with E-state index in [9.17, 15) is 9.59 Å². The summed E-state index contributed by atoms with van der Waals surface area (Å²) >= 11 is 0. The SMILES string of the molecule is CNc1ccnc(=O)[nH]1.Cn1c(N)nc(=O)c2[nH]cnc21. The zero-order valence-corrected chi connectivity index (χ0v) is 11.4. The van der Waals surface area contributed by atoms with Crippen LogP contribution in [-0.4, -0.2) is 36.5 Å². The summed E-state index contributed by atoms with van der Waals surface area (Å²) in [5, 5.41) is 2.77. The molecule has 0 spiro atoms. The molecule has 0 unspecified atom stereocenters. The van der Waals surface area contributed by atoms with Crippen LogP contribution in [0.2, 0.25) is 0 Å². The first-order valence-corrected chi connectivity index (χ1v) is 5.91. The molecule has 0 radical (unpaired) electrons. The number of nitrogens with one attached hydrogen (secondary N) is 3. The molecule has 10 heteroatoms. The molecule has 0 amide bonds. The second kappa shape index (κ2) is 5.86. The molecule has 0 aliphatic heterocycles. The largest absolute Gasteiger partial charge is 0.375 e. The van der Waals surface area contributed by atoms with E-state index in [4.69, 9.17) is 5.73 Å². The van der Waals surface area contributed by atoms with Crippen LogP contribution in [0.5, 0.6) is 0 Å². The van der Waals surface area contributed by atoms with Crippen molar-refractivity contribution in [2.24, 2.45) is 7.05 Å². The van der Waals surface area contributed by atoms with E-state index in [1.54, 1.807) is 24.7 Å². The number of aromatic nitrogens is 6. The van der Waals surface area contributed by atoms with Crippen molar-refractivity contribution in [1.82, 2.24) is 29.5 Å². The van der Waals surface area contributed by atoms with Crippen LogP contribution < -0.4 is 22.3 Å². The van der Waals surface area contributed by atoms with E-state index < -0.39 is 0 Å². The minimum atomic E-state index is -0.377. The van der Waals surface area contributed by atoms with E-state index in [2.05, 4.69) is 30.2 Å². The number of fused-ring (bicyclic) bond motifs is 1. The van der Waals surface area contributed by atoms with Crippen molar-refractivity contribution in [2.75, 3.05) is 18.1 Å². The molecule has 0 aromatic carbocycles. The van der Waals surface area contributed by atoms with Crippen LogP contribution in [0.4, 0.5) is 11.8 Å². The van der Waals surface area contributed by atoms with Crippen LogP contribution in [-0.2, 0) is 7.05 Å². The maximum Gasteiger partial charge on any atom is 0.346 e. The van der Waals surface area contributed by atoms with Crippen LogP contribution >= 0.6 is 0 Å². The Morgan fingerprint density at radius 1 is 1.33 bits per heavy atom. The summed E-state index contributed by atoms with van der Waals surface area (Å²) in [7, 11) is 3.43. The van der Waals surface area contributed by atoms with Gasteiger partial charge in [-0.05, 0) is 6.07 Å². The lowest BCUT2D eigenvalue weighted by Gasteiger charge is -2.00. The summed E-state index contributed by atoms with van der Waals surface area (Å²) in [5.41, 5.74) is 5.64. The molecule has 21 heavy (non-hydrogen) atoms. The Morgan fingerprint density at radius 2 is 2.10 bits per heavy atom. The predicted molar refractivity (Wildman–Crippen MR) is 77.9 cm³/mol. The highest BCUT2D eigenvalue weighted by atomic mass is 16.1. The summed E-state index contributed by atoms with van der Waals surface area (Å²) in [6.45, 7) is 0. The molecule has 3 aromatic rings. The smallest absolute Gasteiger partial charge is 0.346 e. The molecular formula is C11H14N8O2. The number of anilines is 2. The van der Waals surface area contributed by atoms with Crippen molar-refractivity contribution in [3.63, 3.8) is 0 Å². The standard InChI is InChI=1S/C6H7N5O.C5H7N3O/c1-11-4-3(8-2-9-4)5(12)10-6(11)7;1-6-4-2-3-7-5(9)8-4/h2H,1H3,(H,8,9)(H2,7,10,12);2-3H,1H3,(H2,6,7,8,9). The molecule has 0 aliphatic rings. The van der Waals surface area contributed by atoms with Crippen molar-refractivity contribution in [1.29, 1.82) is 0 Å². The second-order valence-corrected chi connectivity index (χ2v) is 3.97. The highest BCUT2D eigenvalue weighted by Crippen LogP contribution is 2.04. The number of nitrogen functional groups attached to an aromatic ring is 1. The first-order valence-electron chi connectivity index (χ1n) is 5.91. The predicted octanol–water partition coefficient (Wildman–Crippen LogP) is -0.950.